The van der Waals surface area contributed by atoms with Crippen LogP contribution in [0.15, 0.2) is 24.3 Å². The van der Waals surface area contributed by atoms with Crippen LogP contribution < -0.4 is 4.74 Å². The maximum atomic E-state index is 13.0. The van der Waals surface area contributed by atoms with Gasteiger partial charge in [0.2, 0.25) is 5.91 Å². The van der Waals surface area contributed by atoms with E-state index in [1.807, 2.05) is 56.9 Å². The number of methoxy groups -OCH3 is 2. The Morgan fingerprint density at radius 3 is 2.48 bits per heavy atom. The fraction of sp³-hybridized carbons (Fsp3) is 0.636. The fourth-order valence-electron chi connectivity index (χ4n) is 3.37. The van der Waals surface area contributed by atoms with Crippen LogP contribution in [0.2, 0.25) is 0 Å². The van der Waals surface area contributed by atoms with Gasteiger partial charge in [-0.1, -0.05) is 18.2 Å². The highest BCUT2D eigenvalue weighted by molar-refractivity contribution is 5.77. The molecule has 0 radical (unpaired) electrons. The lowest BCUT2D eigenvalue weighted by atomic mass is 10.00. The first-order valence-electron chi connectivity index (χ1n) is 10.1. The van der Waals surface area contributed by atoms with E-state index in [4.69, 9.17) is 14.2 Å². The molecule has 1 saturated heterocycles. The average Bonchev–Trinajstić information content (AvgIpc) is 2.69. The number of benzene rings is 1. The van der Waals surface area contributed by atoms with Gasteiger partial charge in [-0.25, -0.2) is 4.79 Å². The van der Waals surface area contributed by atoms with Gasteiger partial charge in [-0.2, -0.15) is 0 Å². The predicted molar refractivity (Wildman–Crippen MR) is 111 cm³/mol. The van der Waals surface area contributed by atoms with Crippen molar-refractivity contribution < 1.29 is 23.8 Å². The molecule has 162 valence electrons. The normalized spacial score (nSPS) is 18.3. The Bertz CT molecular complexity index is 701. The fourth-order valence-corrected chi connectivity index (χ4v) is 3.37. The summed E-state index contributed by atoms with van der Waals surface area (Å²) in [5.41, 5.74) is 0.316. The predicted octanol–water partition coefficient (Wildman–Crippen LogP) is 3.63. The van der Waals surface area contributed by atoms with Gasteiger partial charge in [-0.3, -0.25) is 4.79 Å². The minimum atomic E-state index is -0.569. The maximum absolute atomic E-state index is 13.0. The standard InChI is InChI=1S/C22H34N2O5/c1-16(27-5)11-12-20(25)24-14-13-23(21(26)29-22(2,3)4)15-18(24)17-9-7-8-10-19(17)28-6/h7-10,16,18H,11-15H2,1-6H3/t16-,18+/m1/s1. The third kappa shape index (κ3) is 6.35. The van der Waals surface area contributed by atoms with Crippen molar-refractivity contribution in [1.29, 1.82) is 0 Å². The summed E-state index contributed by atoms with van der Waals surface area (Å²) in [5.74, 6) is 0.750. The van der Waals surface area contributed by atoms with Crippen LogP contribution in [0.1, 0.15) is 52.1 Å². The molecule has 2 amide bonds. The van der Waals surface area contributed by atoms with Crippen LogP contribution >= 0.6 is 0 Å². The summed E-state index contributed by atoms with van der Waals surface area (Å²) in [4.78, 5) is 29.1. The summed E-state index contributed by atoms with van der Waals surface area (Å²) in [6.45, 7) is 8.73. The van der Waals surface area contributed by atoms with Crippen molar-refractivity contribution >= 4 is 12.0 Å². The number of hydrogen-bond acceptors (Lipinski definition) is 5. The Morgan fingerprint density at radius 1 is 1.17 bits per heavy atom. The molecular weight excluding hydrogens is 372 g/mol. The number of hydrogen-bond donors (Lipinski definition) is 0. The molecule has 29 heavy (non-hydrogen) atoms. The number of piperazine rings is 1. The van der Waals surface area contributed by atoms with Gasteiger partial charge in [-0.15, -0.1) is 0 Å². The van der Waals surface area contributed by atoms with Crippen LogP contribution in [0.5, 0.6) is 5.75 Å². The minimum Gasteiger partial charge on any atom is -0.496 e. The summed E-state index contributed by atoms with van der Waals surface area (Å²) < 4.78 is 16.3. The zero-order chi connectivity index (χ0) is 21.6. The molecule has 1 heterocycles. The van der Waals surface area contributed by atoms with Gasteiger partial charge in [0.25, 0.3) is 0 Å². The highest BCUT2D eigenvalue weighted by Crippen LogP contribution is 2.33. The maximum Gasteiger partial charge on any atom is 0.410 e. The third-order valence-corrected chi connectivity index (χ3v) is 5.02. The van der Waals surface area contributed by atoms with Crippen LogP contribution in [-0.4, -0.2) is 67.4 Å². The number of nitrogens with zero attached hydrogens (tertiary/aromatic N) is 2. The van der Waals surface area contributed by atoms with E-state index < -0.39 is 5.60 Å². The molecule has 0 aromatic heterocycles. The number of ether oxygens (including phenoxy) is 3. The van der Waals surface area contributed by atoms with Crippen LogP contribution in [0.4, 0.5) is 4.79 Å². The number of carbonyl (C=O) groups is 2. The molecule has 7 heteroatoms. The van der Waals surface area contributed by atoms with Crippen molar-refractivity contribution in [3.8, 4) is 5.75 Å². The summed E-state index contributed by atoms with van der Waals surface area (Å²) in [5, 5.41) is 0. The molecule has 2 atom stereocenters. The van der Waals surface area contributed by atoms with Gasteiger partial charge in [0.1, 0.15) is 11.4 Å². The lowest BCUT2D eigenvalue weighted by Crippen LogP contribution is -2.53. The van der Waals surface area contributed by atoms with Gasteiger partial charge in [0.15, 0.2) is 0 Å². The molecular formula is C22H34N2O5. The SMILES string of the molecule is COc1ccccc1[C@@H]1CN(C(=O)OC(C)(C)C)CCN1C(=O)CC[C@@H](C)OC. The van der Waals surface area contributed by atoms with Gasteiger partial charge in [-0.05, 0) is 40.2 Å². The minimum absolute atomic E-state index is 0.0201. The zero-order valence-electron chi connectivity index (χ0n) is 18.4. The van der Waals surface area contributed by atoms with Crippen molar-refractivity contribution in [2.75, 3.05) is 33.9 Å². The van der Waals surface area contributed by atoms with Gasteiger partial charge < -0.3 is 24.0 Å². The highest BCUT2D eigenvalue weighted by Gasteiger charge is 2.36. The molecule has 1 aromatic rings. The number of rotatable bonds is 6. The molecule has 0 bridgehead atoms. The van der Waals surface area contributed by atoms with E-state index in [1.54, 1.807) is 19.1 Å². The highest BCUT2D eigenvalue weighted by atomic mass is 16.6. The third-order valence-electron chi connectivity index (χ3n) is 5.02. The molecule has 1 aromatic carbocycles. The first-order valence-corrected chi connectivity index (χ1v) is 10.1. The van der Waals surface area contributed by atoms with Crippen molar-refractivity contribution in [3.63, 3.8) is 0 Å². The topological polar surface area (TPSA) is 68.3 Å². The molecule has 1 fully saturated rings. The Morgan fingerprint density at radius 2 is 1.86 bits per heavy atom. The second-order valence-corrected chi connectivity index (χ2v) is 8.36. The van der Waals surface area contributed by atoms with Crippen molar-refractivity contribution in [3.05, 3.63) is 29.8 Å². The van der Waals surface area contributed by atoms with Crippen molar-refractivity contribution in [1.82, 2.24) is 9.80 Å². The van der Waals surface area contributed by atoms with E-state index >= 15 is 0 Å². The summed E-state index contributed by atoms with van der Waals surface area (Å²) >= 11 is 0. The van der Waals surface area contributed by atoms with Crippen molar-refractivity contribution in [2.45, 2.75) is 58.3 Å². The summed E-state index contributed by atoms with van der Waals surface area (Å²) in [7, 11) is 3.26. The molecule has 1 aliphatic rings. The monoisotopic (exact) mass is 406 g/mol. The van der Waals surface area contributed by atoms with E-state index in [0.717, 1.165) is 5.56 Å². The van der Waals surface area contributed by atoms with Crippen LogP contribution in [-0.2, 0) is 14.3 Å². The molecule has 0 aliphatic carbocycles. The largest absolute Gasteiger partial charge is 0.496 e. The van der Waals surface area contributed by atoms with Crippen molar-refractivity contribution in [2.24, 2.45) is 0 Å². The van der Waals surface area contributed by atoms with Gasteiger partial charge in [0.05, 0.1) is 19.3 Å². The van der Waals surface area contributed by atoms with E-state index in [1.165, 1.54) is 0 Å². The molecule has 2 rings (SSSR count). The number of para-hydroxylation sites is 1. The second kappa shape index (κ2) is 9.96. The Labute approximate surface area is 173 Å². The Kier molecular flexibility index (Phi) is 7.90. The molecule has 0 N–H and O–H groups in total. The molecule has 7 nitrogen and oxygen atoms in total. The lowest BCUT2D eigenvalue weighted by Gasteiger charge is -2.42. The van der Waals surface area contributed by atoms with E-state index in [2.05, 4.69) is 0 Å². The van der Waals surface area contributed by atoms with Crippen LogP contribution in [0.25, 0.3) is 0 Å². The Balaban J connectivity index is 2.25. The smallest absolute Gasteiger partial charge is 0.410 e. The average molecular weight is 407 g/mol. The molecule has 1 aliphatic heterocycles. The summed E-state index contributed by atoms with van der Waals surface area (Å²) in [6.07, 6.45) is 0.706. The van der Waals surface area contributed by atoms with E-state index in [-0.39, 0.29) is 24.1 Å². The first-order chi connectivity index (χ1) is 13.7. The lowest BCUT2D eigenvalue weighted by molar-refractivity contribution is -0.137. The van der Waals surface area contributed by atoms with Gasteiger partial charge >= 0.3 is 6.09 Å². The van der Waals surface area contributed by atoms with Crippen LogP contribution in [0, 0.1) is 0 Å². The number of amides is 2. The summed E-state index contributed by atoms with van der Waals surface area (Å²) in [6, 6.07) is 7.33. The van der Waals surface area contributed by atoms with Gasteiger partial charge in [0, 0.05) is 38.7 Å². The molecule has 0 spiro atoms. The second-order valence-electron chi connectivity index (χ2n) is 8.36. The zero-order valence-corrected chi connectivity index (χ0v) is 18.4. The molecule has 0 saturated carbocycles. The van der Waals surface area contributed by atoms with E-state index in [9.17, 15) is 9.59 Å². The molecule has 0 unspecified atom stereocenters. The number of carbonyl (C=O) groups excluding carboxylic acids is 2. The quantitative estimate of drug-likeness (QED) is 0.722. The van der Waals surface area contributed by atoms with E-state index in [0.29, 0.717) is 38.2 Å². The van der Waals surface area contributed by atoms with Crippen LogP contribution in [0.3, 0.4) is 0 Å². The Hall–Kier alpha value is -2.28. The first kappa shape index (κ1) is 23.0.